The molecule has 1 N–H and O–H groups in total. The van der Waals surface area contributed by atoms with Crippen LogP contribution in [-0.2, 0) is 7.05 Å². The average molecular weight is 296 g/mol. The molecule has 0 saturated heterocycles. The van der Waals surface area contributed by atoms with Crippen LogP contribution in [0.4, 0.5) is 5.82 Å². The molecule has 0 atom stereocenters. The van der Waals surface area contributed by atoms with Gasteiger partial charge in [0, 0.05) is 19.8 Å². The van der Waals surface area contributed by atoms with Gasteiger partial charge >= 0.3 is 0 Å². The maximum absolute atomic E-state index is 4.46. The number of rotatable bonds is 3. The molecule has 0 saturated carbocycles. The Bertz CT molecular complexity index is 535. The summed E-state index contributed by atoms with van der Waals surface area (Å²) in [5.41, 5.74) is 1.68. The van der Waals surface area contributed by atoms with Crippen molar-refractivity contribution in [2.75, 3.05) is 11.9 Å². The van der Waals surface area contributed by atoms with Crippen LogP contribution in [0.3, 0.4) is 0 Å². The summed E-state index contributed by atoms with van der Waals surface area (Å²) < 4.78 is 2.64. The van der Waals surface area contributed by atoms with Gasteiger partial charge in [-0.3, -0.25) is 4.68 Å². The predicted octanol–water partition coefficient (Wildman–Crippen LogP) is 2.38. The molecule has 2 rings (SSSR count). The first-order valence-electron chi connectivity index (χ1n) is 5.40. The zero-order chi connectivity index (χ0) is 12.4. The molecule has 0 radical (unpaired) electrons. The van der Waals surface area contributed by atoms with Crippen molar-refractivity contribution in [3.8, 4) is 11.5 Å². The molecular weight excluding hydrogens is 282 g/mol. The molecule has 90 valence electrons. The summed E-state index contributed by atoms with van der Waals surface area (Å²) in [4.78, 5) is 8.89. The minimum atomic E-state index is 0.641. The molecule has 0 bridgehead atoms. The normalized spacial score (nSPS) is 10.6. The van der Waals surface area contributed by atoms with Gasteiger partial charge in [0.1, 0.15) is 11.5 Å². The van der Waals surface area contributed by atoms with Crippen LogP contribution in [0.5, 0.6) is 0 Å². The van der Waals surface area contributed by atoms with Crippen LogP contribution in [0.15, 0.2) is 16.7 Å². The number of hydrogen-bond acceptors (Lipinski definition) is 4. The largest absolute Gasteiger partial charge is 0.369 e. The molecule has 0 aliphatic heterocycles. The topological polar surface area (TPSA) is 55.6 Å². The van der Waals surface area contributed by atoms with E-state index in [1.54, 1.807) is 4.68 Å². The molecule has 0 aromatic carbocycles. The third-order valence-corrected chi connectivity index (χ3v) is 3.25. The summed E-state index contributed by atoms with van der Waals surface area (Å²) in [6.07, 6.45) is 1.88. The summed E-state index contributed by atoms with van der Waals surface area (Å²) in [5.74, 6) is 1.45. The second-order valence-corrected chi connectivity index (χ2v) is 4.49. The minimum Gasteiger partial charge on any atom is -0.369 e. The van der Waals surface area contributed by atoms with Crippen LogP contribution in [0.1, 0.15) is 12.6 Å². The van der Waals surface area contributed by atoms with E-state index in [1.165, 1.54) is 0 Å². The SMILES string of the molecule is CCNc1nc(-c2ccn(C)n2)nc(C)c1Br. The van der Waals surface area contributed by atoms with Gasteiger partial charge in [-0.25, -0.2) is 9.97 Å². The number of anilines is 1. The standard InChI is InChI=1S/C11H14BrN5/c1-4-13-11-9(12)7(2)14-10(15-11)8-5-6-17(3)16-8/h5-6H,4H2,1-3H3,(H,13,14,15). The molecule has 0 unspecified atom stereocenters. The van der Waals surface area contributed by atoms with E-state index in [0.717, 1.165) is 28.2 Å². The van der Waals surface area contributed by atoms with Crippen molar-refractivity contribution in [3.63, 3.8) is 0 Å². The van der Waals surface area contributed by atoms with Crippen molar-refractivity contribution >= 4 is 21.7 Å². The second kappa shape index (κ2) is 4.83. The van der Waals surface area contributed by atoms with Crippen LogP contribution < -0.4 is 5.32 Å². The molecule has 0 amide bonds. The highest BCUT2D eigenvalue weighted by atomic mass is 79.9. The molecule has 0 aliphatic rings. The molecule has 2 heterocycles. The van der Waals surface area contributed by atoms with Crippen molar-refractivity contribution < 1.29 is 0 Å². The predicted molar refractivity (Wildman–Crippen MR) is 70.8 cm³/mol. The highest BCUT2D eigenvalue weighted by Crippen LogP contribution is 2.25. The Balaban J connectivity index is 2.48. The smallest absolute Gasteiger partial charge is 0.182 e. The van der Waals surface area contributed by atoms with Gasteiger partial charge in [0.25, 0.3) is 0 Å². The first-order valence-corrected chi connectivity index (χ1v) is 6.19. The lowest BCUT2D eigenvalue weighted by molar-refractivity contribution is 0.768. The number of aryl methyl sites for hydroxylation is 2. The molecule has 6 heteroatoms. The molecule has 5 nitrogen and oxygen atoms in total. The van der Waals surface area contributed by atoms with Crippen LogP contribution in [0, 0.1) is 6.92 Å². The summed E-state index contributed by atoms with van der Waals surface area (Å²) in [7, 11) is 1.88. The summed E-state index contributed by atoms with van der Waals surface area (Å²) in [6.45, 7) is 4.79. The number of halogens is 1. The first-order chi connectivity index (χ1) is 8.11. The first kappa shape index (κ1) is 12.0. The molecule has 17 heavy (non-hydrogen) atoms. The van der Waals surface area contributed by atoms with E-state index in [9.17, 15) is 0 Å². The van der Waals surface area contributed by atoms with Crippen LogP contribution in [-0.4, -0.2) is 26.3 Å². The fraction of sp³-hybridized carbons (Fsp3) is 0.364. The minimum absolute atomic E-state index is 0.641. The Morgan fingerprint density at radius 2 is 2.18 bits per heavy atom. The lowest BCUT2D eigenvalue weighted by atomic mass is 10.3. The Kier molecular flexibility index (Phi) is 3.42. The van der Waals surface area contributed by atoms with Gasteiger partial charge in [0.05, 0.1) is 10.2 Å². The van der Waals surface area contributed by atoms with E-state index >= 15 is 0 Å². The Labute approximate surface area is 108 Å². The molecule has 0 aliphatic carbocycles. The van der Waals surface area contributed by atoms with Crippen molar-refractivity contribution in [1.82, 2.24) is 19.7 Å². The van der Waals surface area contributed by atoms with Gasteiger partial charge in [-0.15, -0.1) is 0 Å². The number of aromatic nitrogens is 4. The highest BCUT2D eigenvalue weighted by Gasteiger charge is 2.11. The lowest BCUT2D eigenvalue weighted by Gasteiger charge is -2.08. The zero-order valence-electron chi connectivity index (χ0n) is 10.0. The van der Waals surface area contributed by atoms with Crippen molar-refractivity contribution in [2.24, 2.45) is 7.05 Å². The number of hydrogen-bond donors (Lipinski definition) is 1. The van der Waals surface area contributed by atoms with Crippen LogP contribution >= 0.6 is 15.9 Å². The summed E-state index contributed by atoms with van der Waals surface area (Å²) >= 11 is 3.48. The number of nitrogens with one attached hydrogen (secondary N) is 1. The lowest BCUT2D eigenvalue weighted by Crippen LogP contribution is -2.04. The Morgan fingerprint density at radius 3 is 2.76 bits per heavy atom. The average Bonchev–Trinajstić information content (AvgIpc) is 2.71. The third-order valence-electron chi connectivity index (χ3n) is 2.30. The van der Waals surface area contributed by atoms with Crippen molar-refractivity contribution in [1.29, 1.82) is 0 Å². The zero-order valence-corrected chi connectivity index (χ0v) is 11.6. The van der Waals surface area contributed by atoms with Crippen LogP contribution in [0.2, 0.25) is 0 Å². The molecule has 0 spiro atoms. The molecule has 0 fully saturated rings. The monoisotopic (exact) mass is 295 g/mol. The Morgan fingerprint density at radius 1 is 1.41 bits per heavy atom. The van der Waals surface area contributed by atoms with Crippen molar-refractivity contribution in [2.45, 2.75) is 13.8 Å². The fourth-order valence-electron chi connectivity index (χ4n) is 1.49. The van der Waals surface area contributed by atoms with E-state index in [0.29, 0.717) is 5.82 Å². The van der Waals surface area contributed by atoms with Gasteiger partial charge in [-0.2, -0.15) is 5.10 Å². The van der Waals surface area contributed by atoms with Gasteiger partial charge in [0.15, 0.2) is 5.82 Å². The fourth-order valence-corrected chi connectivity index (χ4v) is 1.81. The Hall–Kier alpha value is -1.43. The number of nitrogens with zero attached hydrogens (tertiary/aromatic N) is 4. The van der Waals surface area contributed by atoms with Crippen LogP contribution in [0.25, 0.3) is 11.5 Å². The van der Waals surface area contributed by atoms with Gasteiger partial charge < -0.3 is 5.32 Å². The second-order valence-electron chi connectivity index (χ2n) is 3.70. The van der Waals surface area contributed by atoms with Crippen molar-refractivity contribution in [3.05, 3.63) is 22.4 Å². The van der Waals surface area contributed by atoms with Gasteiger partial charge in [0.2, 0.25) is 0 Å². The van der Waals surface area contributed by atoms with Gasteiger partial charge in [-0.05, 0) is 35.8 Å². The van der Waals surface area contributed by atoms with E-state index in [1.807, 2.05) is 33.2 Å². The summed E-state index contributed by atoms with van der Waals surface area (Å²) in [5, 5.41) is 7.50. The summed E-state index contributed by atoms with van der Waals surface area (Å²) in [6, 6.07) is 1.90. The quantitative estimate of drug-likeness (QED) is 0.945. The maximum Gasteiger partial charge on any atom is 0.182 e. The maximum atomic E-state index is 4.46. The van der Waals surface area contributed by atoms with E-state index in [2.05, 4.69) is 36.3 Å². The molecule has 2 aromatic heterocycles. The van der Waals surface area contributed by atoms with E-state index in [-0.39, 0.29) is 0 Å². The third kappa shape index (κ3) is 2.46. The van der Waals surface area contributed by atoms with E-state index < -0.39 is 0 Å². The molecule has 2 aromatic rings. The highest BCUT2D eigenvalue weighted by molar-refractivity contribution is 9.10. The molecular formula is C11H14BrN5. The van der Waals surface area contributed by atoms with Gasteiger partial charge in [-0.1, -0.05) is 0 Å². The van der Waals surface area contributed by atoms with E-state index in [4.69, 9.17) is 0 Å².